The zero-order valence-corrected chi connectivity index (χ0v) is 10.5. The molecule has 2 unspecified atom stereocenters. The molecular weight excluding hydrogens is 206 g/mol. The summed E-state index contributed by atoms with van der Waals surface area (Å²) in [6.07, 6.45) is 2.82. The highest BCUT2D eigenvalue weighted by Gasteiger charge is 2.15. The molecule has 0 saturated heterocycles. The third-order valence-corrected chi connectivity index (χ3v) is 2.70. The number of nitrogens with one attached hydrogen (secondary N) is 1. The van der Waals surface area contributed by atoms with Gasteiger partial charge in [-0.15, -0.1) is 10.2 Å². The van der Waals surface area contributed by atoms with Gasteiger partial charge in [0.2, 0.25) is 11.8 Å². The van der Waals surface area contributed by atoms with Gasteiger partial charge in [-0.2, -0.15) is 0 Å². The Hall–Kier alpha value is -0.940. The van der Waals surface area contributed by atoms with E-state index in [9.17, 15) is 0 Å². The van der Waals surface area contributed by atoms with Gasteiger partial charge in [-0.05, 0) is 26.8 Å². The Bertz CT molecular complexity index is 297. The van der Waals surface area contributed by atoms with E-state index in [2.05, 4.69) is 22.4 Å². The molecule has 1 rings (SSSR count). The molecule has 5 heteroatoms. The average Bonchev–Trinajstić information content (AvgIpc) is 2.76. The Balaban J connectivity index is 2.51. The Morgan fingerprint density at radius 2 is 2.19 bits per heavy atom. The van der Waals surface area contributed by atoms with Crippen LogP contribution < -0.4 is 5.32 Å². The average molecular weight is 227 g/mol. The molecule has 0 aliphatic rings. The molecule has 1 heterocycles. The molecule has 92 valence electrons. The van der Waals surface area contributed by atoms with Gasteiger partial charge in [-0.1, -0.05) is 6.92 Å². The first-order chi connectivity index (χ1) is 7.71. The molecule has 0 spiro atoms. The maximum Gasteiger partial charge on any atom is 0.233 e. The van der Waals surface area contributed by atoms with Gasteiger partial charge < -0.3 is 14.5 Å². The Labute approximate surface area is 96.6 Å². The highest BCUT2D eigenvalue weighted by molar-refractivity contribution is 4.89. The monoisotopic (exact) mass is 227 g/mol. The van der Waals surface area contributed by atoms with E-state index in [1.165, 1.54) is 0 Å². The van der Waals surface area contributed by atoms with E-state index < -0.39 is 0 Å². The number of aromatic nitrogens is 2. The van der Waals surface area contributed by atoms with Gasteiger partial charge in [0.25, 0.3) is 0 Å². The van der Waals surface area contributed by atoms with Crippen molar-refractivity contribution in [3.8, 4) is 0 Å². The second-order valence-corrected chi connectivity index (χ2v) is 3.87. The molecule has 1 N–H and O–H groups in total. The van der Waals surface area contributed by atoms with E-state index in [1.807, 2.05) is 14.0 Å². The lowest BCUT2D eigenvalue weighted by Crippen LogP contribution is -2.15. The van der Waals surface area contributed by atoms with Crippen molar-refractivity contribution in [1.29, 1.82) is 0 Å². The van der Waals surface area contributed by atoms with E-state index in [4.69, 9.17) is 9.15 Å². The standard InChI is InChI=1S/C11H21N3O2/c1-5-9(12-3)11-14-13-10(16-11)7-6-8(2)15-4/h8-9,12H,5-7H2,1-4H3. The second-order valence-electron chi connectivity index (χ2n) is 3.87. The van der Waals surface area contributed by atoms with Crippen molar-refractivity contribution < 1.29 is 9.15 Å². The number of nitrogens with zero attached hydrogens (tertiary/aromatic N) is 2. The molecular formula is C11H21N3O2. The third-order valence-electron chi connectivity index (χ3n) is 2.70. The maximum absolute atomic E-state index is 5.58. The Morgan fingerprint density at radius 3 is 2.75 bits per heavy atom. The fourth-order valence-electron chi connectivity index (χ4n) is 1.46. The molecule has 0 aromatic carbocycles. The fourth-order valence-corrected chi connectivity index (χ4v) is 1.46. The minimum atomic E-state index is 0.154. The number of aryl methyl sites for hydroxylation is 1. The summed E-state index contributed by atoms with van der Waals surface area (Å²) in [5.74, 6) is 1.36. The summed E-state index contributed by atoms with van der Waals surface area (Å²) in [6.45, 7) is 4.11. The molecule has 0 bridgehead atoms. The van der Waals surface area contributed by atoms with Gasteiger partial charge in [-0.3, -0.25) is 0 Å². The summed E-state index contributed by atoms with van der Waals surface area (Å²) >= 11 is 0. The van der Waals surface area contributed by atoms with E-state index in [0.717, 1.165) is 19.3 Å². The minimum Gasteiger partial charge on any atom is -0.424 e. The largest absolute Gasteiger partial charge is 0.424 e. The van der Waals surface area contributed by atoms with Gasteiger partial charge in [-0.25, -0.2) is 0 Å². The van der Waals surface area contributed by atoms with E-state index in [0.29, 0.717) is 11.8 Å². The van der Waals surface area contributed by atoms with Crippen molar-refractivity contribution in [3.05, 3.63) is 11.8 Å². The minimum absolute atomic E-state index is 0.154. The van der Waals surface area contributed by atoms with Crippen LogP contribution in [0.3, 0.4) is 0 Å². The van der Waals surface area contributed by atoms with Gasteiger partial charge >= 0.3 is 0 Å². The molecule has 16 heavy (non-hydrogen) atoms. The third kappa shape index (κ3) is 3.57. The number of hydrogen-bond donors (Lipinski definition) is 1. The normalized spacial score (nSPS) is 15.0. The summed E-state index contributed by atoms with van der Waals surface area (Å²) in [4.78, 5) is 0. The Morgan fingerprint density at radius 1 is 1.44 bits per heavy atom. The summed E-state index contributed by atoms with van der Waals surface area (Å²) in [5.41, 5.74) is 0. The molecule has 0 radical (unpaired) electrons. The van der Waals surface area contributed by atoms with Crippen LogP contribution >= 0.6 is 0 Å². The van der Waals surface area contributed by atoms with Crippen LogP contribution in [0.15, 0.2) is 4.42 Å². The summed E-state index contributed by atoms with van der Waals surface area (Å²) in [6, 6.07) is 0.154. The number of ether oxygens (including phenoxy) is 1. The van der Waals surface area contributed by atoms with Crippen LogP contribution in [0.5, 0.6) is 0 Å². The van der Waals surface area contributed by atoms with Gasteiger partial charge in [0.15, 0.2) is 0 Å². The Kier molecular flexibility index (Phi) is 5.42. The van der Waals surface area contributed by atoms with Crippen molar-refractivity contribution in [3.63, 3.8) is 0 Å². The molecule has 0 fully saturated rings. The molecule has 0 aliphatic carbocycles. The number of methoxy groups -OCH3 is 1. The van der Waals surface area contributed by atoms with Crippen LogP contribution in [0, 0.1) is 0 Å². The first-order valence-electron chi connectivity index (χ1n) is 5.73. The van der Waals surface area contributed by atoms with Crippen LogP contribution in [-0.2, 0) is 11.2 Å². The lowest BCUT2D eigenvalue weighted by molar-refractivity contribution is 0.109. The zero-order valence-electron chi connectivity index (χ0n) is 10.5. The SMILES string of the molecule is CCC(NC)c1nnc(CCC(C)OC)o1. The van der Waals surface area contributed by atoms with Crippen LogP contribution in [0.2, 0.25) is 0 Å². The first-order valence-corrected chi connectivity index (χ1v) is 5.73. The molecule has 1 aromatic heterocycles. The van der Waals surface area contributed by atoms with Crippen molar-refractivity contribution >= 4 is 0 Å². The molecule has 2 atom stereocenters. The fraction of sp³-hybridized carbons (Fsp3) is 0.818. The molecule has 0 amide bonds. The first kappa shape index (κ1) is 13.1. The lowest BCUT2D eigenvalue weighted by Gasteiger charge is -2.08. The predicted octanol–water partition coefficient (Wildman–Crippen LogP) is 1.71. The second kappa shape index (κ2) is 6.60. The number of rotatable bonds is 7. The van der Waals surface area contributed by atoms with E-state index >= 15 is 0 Å². The van der Waals surface area contributed by atoms with Crippen LogP contribution in [0.25, 0.3) is 0 Å². The predicted molar refractivity (Wildman–Crippen MR) is 61.2 cm³/mol. The van der Waals surface area contributed by atoms with Gasteiger partial charge in [0.05, 0.1) is 12.1 Å². The van der Waals surface area contributed by atoms with Gasteiger partial charge in [0, 0.05) is 13.5 Å². The highest BCUT2D eigenvalue weighted by Crippen LogP contribution is 2.15. The topological polar surface area (TPSA) is 60.2 Å². The summed E-state index contributed by atoms with van der Waals surface area (Å²) in [7, 11) is 3.60. The zero-order chi connectivity index (χ0) is 12.0. The molecule has 0 aliphatic heterocycles. The summed E-state index contributed by atoms with van der Waals surface area (Å²) < 4.78 is 10.7. The summed E-state index contributed by atoms with van der Waals surface area (Å²) in [5, 5.41) is 11.2. The quantitative estimate of drug-likeness (QED) is 0.768. The highest BCUT2D eigenvalue weighted by atomic mass is 16.5. The smallest absolute Gasteiger partial charge is 0.233 e. The molecule has 0 saturated carbocycles. The van der Waals surface area contributed by atoms with Crippen LogP contribution in [0.4, 0.5) is 0 Å². The molecule has 1 aromatic rings. The molecule has 5 nitrogen and oxygen atoms in total. The van der Waals surface area contributed by atoms with Crippen molar-refractivity contribution in [2.24, 2.45) is 0 Å². The van der Waals surface area contributed by atoms with E-state index in [-0.39, 0.29) is 12.1 Å². The van der Waals surface area contributed by atoms with Crippen LogP contribution in [-0.4, -0.2) is 30.5 Å². The van der Waals surface area contributed by atoms with E-state index in [1.54, 1.807) is 7.11 Å². The van der Waals surface area contributed by atoms with Crippen molar-refractivity contribution in [2.45, 2.75) is 45.3 Å². The van der Waals surface area contributed by atoms with Gasteiger partial charge in [0.1, 0.15) is 0 Å². The van der Waals surface area contributed by atoms with Crippen LogP contribution in [0.1, 0.15) is 44.5 Å². The van der Waals surface area contributed by atoms with Crippen molar-refractivity contribution in [2.75, 3.05) is 14.2 Å². The lowest BCUT2D eigenvalue weighted by atomic mass is 10.2. The maximum atomic E-state index is 5.58. The van der Waals surface area contributed by atoms with Crippen molar-refractivity contribution in [1.82, 2.24) is 15.5 Å². The number of hydrogen-bond acceptors (Lipinski definition) is 5.